The largest absolute Gasteiger partial charge is 0.493 e. The third kappa shape index (κ3) is 5.85. The van der Waals surface area contributed by atoms with Gasteiger partial charge in [0, 0.05) is 10.7 Å². The second-order valence-corrected chi connectivity index (χ2v) is 9.83. The van der Waals surface area contributed by atoms with Gasteiger partial charge in [-0.25, -0.2) is 0 Å². The number of anilines is 1. The third-order valence-electron chi connectivity index (χ3n) is 4.98. The van der Waals surface area contributed by atoms with Crippen LogP contribution in [0.4, 0.5) is 5.69 Å². The van der Waals surface area contributed by atoms with Gasteiger partial charge in [-0.05, 0) is 76.0 Å². The van der Waals surface area contributed by atoms with Gasteiger partial charge in [0.15, 0.2) is 17.0 Å². The molecule has 170 valence electrons. The Balaban J connectivity index is 1.49. The molecule has 3 aromatic rings. The van der Waals surface area contributed by atoms with Crippen LogP contribution < -0.4 is 20.1 Å². The van der Waals surface area contributed by atoms with Gasteiger partial charge in [0.1, 0.15) is 6.61 Å². The fourth-order valence-electron chi connectivity index (χ4n) is 3.34. The molecule has 2 N–H and O–H groups in total. The fourth-order valence-corrected chi connectivity index (χ4v) is 5.12. The maximum atomic E-state index is 12.6. The summed E-state index contributed by atoms with van der Waals surface area (Å²) in [5, 5.41) is 6.97. The maximum absolute atomic E-state index is 12.6. The number of aryl methyl sites for hydroxylation is 1. The molecule has 1 fully saturated rings. The van der Waals surface area contributed by atoms with E-state index in [1.54, 1.807) is 7.11 Å². The lowest BCUT2D eigenvalue weighted by molar-refractivity contribution is -0.116. The number of benzene rings is 3. The van der Waals surface area contributed by atoms with Crippen molar-refractivity contribution in [1.82, 2.24) is 5.32 Å². The number of thioether (sulfide) groups is 1. The summed E-state index contributed by atoms with van der Waals surface area (Å²) in [6.07, 6.45) is 1.84. The summed E-state index contributed by atoms with van der Waals surface area (Å²) in [7, 11) is 1.60. The zero-order chi connectivity index (χ0) is 23.4. The summed E-state index contributed by atoms with van der Waals surface area (Å²) in [4.78, 5) is 13.2. The van der Waals surface area contributed by atoms with Crippen molar-refractivity contribution in [3.63, 3.8) is 0 Å². The van der Waals surface area contributed by atoms with Crippen LogP contribution in [-0.4, -0.2) is 18.5 Å². The lowest BCUT2D eigenvalue weighted by Gasteiger charge is -2.15. The van der Waals surface area contributed by atoms with Gasteiger partial charge in [0.05, 0.1) is 16.5 Å². The van der Waals surface area contributed by atoms with Crippen LogP contribution in [0.25, 0.3) is 6.08 Å². The van der Waals surface area contributed by atoms with Gasteiger partial charge in [0.2, 0.25) is 0 Å². The topological polar surface area (TPSA) is 59.6 Å². The van der Waals surface area contributed by atoms with Gasteiger partial charge in [-0.1, -0.05) is 53.7 Å². The quantitative estimate of drug-likeness (QED) is 0.328. The van der Waals surface area contributed by atoms with Crippen molar-refractivity contribution in [3.8, 4) is 11.5 Å². The second-order valence-electron chi connectivity index (χ2n) is 7.39. The Bertz CT molecular complexity index is 1200. The van der Waals surface area contributed by atoms with Crippen molar-refractivity contribution in [2.24, 2.45) is 0 Å². The van der Waals surface area contributed by atoms with Crippen LogP contribution in [0.5, 0.6) is 11.5 Å². The van der Waals surface area contributed by atoms with Gasteiger partial charge in [-0.15, -0.1) is 0 Å². The number of methoxy groups -OCH3 is 1. The van der Waals surface area contributed by atoms with Gasteiger partial charge in [-0.3, -0.25) is 4.79 Å². The van der Waals surface area contributed by atoms with E-state index in [1.807, 2.05) is 73.7 Å². The van der Waals surface area contributed by atoms with Crippen molar-refractivity contribution in [2.75, 3.05) is 12.4 Å². The predicted molar refractivity (Wildman–Crippen MR) is 139 cm³/mol. The minimum Gasteiger partial charge on any atom is -0.493 e. The smallest absolute Gasteiger partial charge is 0.260 e. The number of carbonyl (C=O) groups excluding carboxylic acids is 1. The van der Waals surface area contributed by atoms with Crippen LogP contribution in [0.2, 0.25) is 5.02 Å². The molecule has 4 rings (SSSR count). The molecule has 1 heterocycles. The lowest BCUT2D eigenvalue weighted by Crippen LogP contribution is -2.31. The summed E-state index contributed by atoms with van der Waals surface area (Å²) >= 11 is 11.0. The van der Waals surface area contributed by atoms with Crippen LogP contribution in [-0.2, 0) is 11.4 Å². The summed E-state index contributed by atoms with van der Waals surface area (Å²) in [6.45, 7) is 2.39. The molecule has 0 spiro atoms. The molecule has 0 bridgehead atoms. The molecular formula is C25H22BrClN2O3S. The normalized spacial score (nSPS) is 16.5. The van der Waals surface area contributed by atoms with Crippen LogP contribution in [0.3, 0.4) is 0 Å². The van der Waals surface area contributed by atoms with E-state index < -0.39 is 0 Å². The Morgan fingerprint density at radius 3 is 2.70 bits per heavy atom. The zero-order valence-electron chi connectivity index (χ0n) is 18.0. The van der Waals surface area contributed by atoms with E-state index >= 15 is 0 Å². The van der Waals surface area contributed by atoms with E-state index in [1.165, 1.54) is 11.8 Å². The first kappa shape index (κ1) is 23.5. The first-order valence-electron chi connectivity index (χ1n) is 10.2. The molecule has 1 unspecified atom stereocenters. The van der Waals surface area contributed by atoms with Crippen molar-refractivity contribution < 1.29 is 14.3 Å². The Labute approximate surface area is 210 Å². The summed E-state index contributed by atoms with van der Waals surface area (Å²) in [6, 6.07) is 19.3. The number of ether oxygens (including phenoxy) is 2. The molecular weight excluding hydrogens is 524 g/mol. The first-order chi connectivity index (χ1) is 15.9. The second kappa shape index (κ2) is 10.5. The number of halogens is 2. The summed E-state index contributed by atoms with van der Waals surface area (Å²) in [5.74, 6) is 1.07. The highest BCUT2D eigenvalue weighted by Gasteiger charge is 2.27. The maximum Gasteiger partial charge on any atom is 0.260 e. The molecule has 5 nitrogen and oxygen atoms in total. The lowest BCUT2D eigenvalue weighted by atomic mass is 10.2. The highest BCUT2D eigenvalue weighted by molar-refractivity contribution is 9.10. The molecule has 33 heavy (non-hydrogen) atoms. The highest BCUT2D eigenvalue weighted by Crippen LogP contribution is 2.39. The van der Waals surface area contributed by atoms with Gasteiger partial charge in [-0.2, -0.15) is 0 Å². The summed E-state index contributed by atoms with van der Waals surface area (Å²) in [5.41, 5.74) is 3.54. The molecule has 1 saturated heterocycles. The van der Waals surface area contributed by atoms with E-state index in [2.05, 4.69) is 26.6 Å². The van der Waals surface area contributed by atoms with Crippen molar-refractivity contribution in [3.05, 3.63) is 91.8 Å². The molecule has 1 atom stereocenters. The van der Waals surface area contributed by atoms with E-state index in [-0.39, 0.29) is 11.4 Å². The first-order valence-corrected chi connectivity index (χ1v) is 12.2. The van der Waals surface area contributed by atoms with Crippen LogP contribution >= 0.6 is 39.3 Å². The number of carbonyl (C=O) groups is 1. The van der Waals surface area contributed by atoms with Gasteiger partial charge in [0.25, 0.3) is 5.91 Å². The third-order valence-corrected chi connectivity index (χ3v) is 6.83. The monoisotopic (exact) mass is 544 g/mol. The number of hydrogen-bond acceptors (Lipinski definition) is 5. The van der Waals surface area contributed by atoms with Gasteiger partial charge < -0.3 is 20.1 Å². The van der Waals surface area contributed by atoms with Gasteiger partial charge >= 0.3 is 0 Å². The van der Waals surface area contributed by atoms with E-state index in [0.29, 0.717) is 28.0 Å². The number of rotatable bonds is 7. The van der Waals surface area contributed by atoms with Crippen molar-refractivity contribution >= 4 is 57.0 Å². The molecule has 0 radical (unpaired) electrons. The molecule has 8 heteroatoms. The highest BCUT2D eigenvalue weighted by atomic mass is 79.9. The average Bonchev–Trinajstić information content (AvgIpc) is 3.14. The van der Waals surface area contributed by atoms with Crippen molar-refractivity contribution in [1.29, 1.82) is 0 Å². The van der Waals surface area contributed by atoms with Crippen LogP contribution in [0.15, 0.2) is 70.0 Å². The van der Waals surface area contributed by atoms with E-state index in [0.717, 1.165) is 26.9 Å². The van der Waals surface area contributed by atoms with Crippen LogP contribution in [0, 0.1) is 6.92 Å². The SMILES string of the molecule is COc1cc(/C=C2\SC(Nc3ccc(Cl)cc3C)NC2=O)cc(Br)c1OCc1ccccc1. The molecule has 1 aliphatic rings. The number of hydrogen-bond donors (Lipinski definition) is 2. The molecule has 0 aromatic heterocycles. The standard InChI is InChI=1S/C25H22BrClN2O3S/c1-15-10-18(27)8-9-20(15)28-25-29-24(30)22(33-25)13-17-11-19(26)23(21(12-17)31-2)32-14-16-6-4-3-5-7-16/h3-13,25,28H,14H2,1-2H3,(H,29,30)/b22-13-. The minimum absolute atomic E-state index is 0.136. The molecule has 1 aliphatic heterocycles. The van der Waals surface area contributed by atoms with E-state index in [9.17, 15) is 4.79 Å². The number of amides is 1. The Hall–Kier alpha value is -2.61. The molecule has 0 aliphatic carbocycles. The van der Waals surface area contributed by atoms with E-state index in [4.69, 9.17) is 21.1 Å². The average molecular weight is 546 g/mol. The van der Waals surface area contributed by atoms with Crippen LogP contribution in [0.1, 0.15) is 16.7 Å². The molecule has 3 aromatic carbocycles. The zero-order valence-corrected chi connectivity index (χ0v) is 21.2. The molecule has 1 amide bonds. The Kier molecular flexibility index (Phi) is 7.53. The minimum atomic E-state index is -0.276. The Morgan fingerprint density at radius 2 is 1.97 bits per heavy atom. The number of nitrogens with one attached hydrogen (secondary N) is 2. The molecule has 0 saturated carbocycles. The predicted octanol–water partition coefficient (Wildman–Crippen LogP) is 6.60. The van der Waals surface area contributed by atoms with Crippen molar-refractivity contribution in [2.45, 2.75) is 19.0 Å². The summed E-state index contributed by atoms with van der Waals surface area (Å²) < 4.78 is 12.3. The Morgan fingerprint density at radius 1 is 1.18 bits per heavy atom. The fraction of sp³-hybridized carbons (Fsp3) is 0.160.